The van der Waals surface area contributed by atoms with Gasteiger partial charge < -0.3 is 10.6 Å². The molecule has 0 radical (unpaired) electrons. The minimum Gasteiger partial charge on any atom is -0.364 e. The summed E-state index contributed by atoms with van der Waals surface area (Å²) in [4.78, 5) is 18.1. The van der Waals surface area contributed by atoms with Crippen molar-refractivity contribution in [2.24, 2.45) is 0 Å². The highest BCUT2D eigenvalue weighted by Crippen LogP contribution is 2.26. The van der Waals surface area contributed by atoms with Crippen LogP contribution < -0.4 is 10.6 Å². The number of fused-ring (bicyclic) bond motifs is 1. The Morgan fingerprint density at radius 3 is 2.72 bits per heavy atom. The minimum atomic E-state index is 0.484. The molecule has 142 valence electrons. The van der Waals surface area contributed by atoms with Gasteiger partial charge in [0.15, 0.2) is 17.0 Å². The topological polar surface area (TPSA) is 80.6 Å². The first kappa shape index (κ1) is 17.3. The number of anilines is 3. The smallest absolute Gasteiger partial charge is 0.231 e. The molecule has 0 bridgehead atoms. The SMILES string of the molecule is c1ccc(CNc2nc(Nc3cccnc3)nc3c2ncn3-c2ccsc2)cc1. The molecule has 4 aromatic heterocycles. The Labute approximate surface area is 171 Å². The first-order valence-corrected chi connectivity index (χ1v) is 10.0. The lowest BCUT2D eigenvalue weighted by Gasteiger charge is -2.10. The predicted molar refractivity (Wildman–Crippen MR) is 116 cm³/mol. The molecule has 0 atom stereocenters. The third-order valence-corrected chi connectivity index (χ3v) is 5.07. The molecule has 4 heterocycles. The van der Waals surface area contributed by atoms with Gasteiger partial charge in [0.25, 0.3) is 0 Å². The number of rotatable bonds is 6. The summed E-state index contributed by atoms with van der Waals surface area (Å²) < 4.78 is 1.97. The van der Waals surface area contributed by atoms with E-state index in [4.69, 9.17) is 4.98 Å². The van der Waals surface area contributed by atoms with Crippen LogP contribution in [0.25, 0.3) is 16.9 Å². The van der Waals surface area contributed by atoms with E-state index in [9.17, 15) is 0 Å². The maximum atomic E-state index is 4.72. The summed E-state index contributed by atoms with van der Waals surface area (Å²) in [7, 11) is 0. The van der Waals surface area contributed by atoms with Crippen LogP contribution in [0, 0.1) is 0 Å². The summed E-state index contributed by atoms with van der Waals surface area (Å²) in [6, 6.07) is 16.0. The fourth-order valence-electron chi connectivity index (χ4n) is 3.01. The number of nitrogens with one attached hydrogen (secondary N) is 2. The second-order valence-electron chi connectivity index (χ2n) is 6.37. The van der Waals surface area contributed by atoms with Gasteiger partial charge in [-0.25, -0.2) is 4.98 Å². The highest BCUT2D eigenvalue weighted by atomic mass is 32.1. The lowest BCUT2D eigenvalue weighted by molar-refractivity contribution is 1.06. The standard InChI is InChI=1S/C21H17N7S/c1-2-5-15(6-3-1)11-23-19-18-20(28(14-24-18)17-8-10-29-13-17)27-21(26-19)25-16-7-4-9-22-12-16/h1-10,12-14H,11H2,(H2,23,25,26,27). The summed E-state index contributed by atoms with van der Waals surface area (Å²) in [6.45, 7) is 0.643. The molecule has 0 aliphatic heterocycles. The number of pyridine rings is 1. The molecule has 0 spiro atoms. The molecule has 0 saturated carbocycles. The van der Waals surface area contributed by atoms with E-state index in [1.165, 1.54) is 5.56 Å². The molecule has 7 nitrogen and oxygen atoms in total. The van der Waals surface area contributed by atoms with E-state index in [-0.39, 0.29) is 0 Å². The predicted octanol–water partition coefficient (Wildman–Crippen LogP) is 4.63. The third-order valence-electron chi connectivity index (χ3n) is 4.40. The number of benzene rings is 1. The Kier molecular flexibility index (Phi) is 4.59. The van der Waals surface area contributed by atoms with Crippen molar-refractivity contribution in [3.8, 4) is 5.69 Å². The van der Waals surface area contributed by atoms with Gasteiger partial charge in [-0.05, 0) is 29.1 Å². The highest BCUT2D eigenvalue weighted by molar-refractivity contribution is 7.08. The second-order valence-corrected chi connectivity index (χ2v) is 7.15. The Morgan fingerprint density at radius 1 is 1.00 bits per heavy atom. The van der Waals surface area contributed by atoms with Crippen LogP contribution in [0.1, 0.15) is 5.56 Å². The fraction of sp³-hybridized carbons (Fsp3) is 0.0476. The van der Waals surface area contributed by atoms with E-state index in [1.807, 2.05) is 46.3 Å². The third kappa shape index (κ3) is 3.65. The minimum absolute atomic E-state index is 0.484. The molecule has 8 heteroatoms. The van der Waals surface area contributed by atoms with Gasteiger partial charge in [0.2, 0.25) is 5.95 Å². The zero-order chi connectivity index (χ0) is 19.5. The highest BCUT2D eigenvalue weighted by Gasteiger charge is 2.15. The van der Waals surface area contributed by atoms with E-state index < -0.39 is 0 Å². The molecule has 0 unspecified atom stereocenters. The van der Waals surface area contributed by atoms with Crippen molar-refractivity contribution in [3.63, 3.8) is 0 Å². The van der Waals surface area contributed by atoms with E-state index in [0.29, 0.717) is 18.3 Å². The molecular formula is C21H17N7S. The summed E-state index contributed by atoms with van der Waals surface area (Å²) in [5.41, 5.74) is 4.47. The van der Waals surface area contributed by atoms with Crippen LogP contribution in [0.4, 0.5) is 17.5 Å². The number of imidazole rings is 1. The molecule has 0 amide bonds. The van der Waals surface area contributed by atoms with Crippen LogP contribution in [0.15, 0.2) is 78.0 Å². The lowest BCUT2D eigenvalue weighted by atomic mass is 10.2. The van der Waals surface area contributed by atoms with E-state index in [0.717, 1.165) is 22.5 Å². The Morgan fingerprint density at radius 2 is 1.93 bits per heavy atom. The van der Waals surface area contributed by atoms with Gasteiger partial charge >= 0.3 is 0 Å². The average molecular weight is 399 g/mol. The van der Waals surface area contributed by atoms with Crippen molar-refractivity contribution in [2.45, 2.75) is 6.54 Å². The largest absolute Gasteiger partial charge is 0.364 e. The summed E-state index contributed by atoms with van der Waals surface area (Å²) in [5.74, 6) is 1.16. The van der Waals surface area contributed by atoms with Crippen LogP contribution in [0.5, 0.6) is 0 Å². The number of nitrogens with zero attached hydrogens (tertiary/aromatic N) is 5. The van der Waals surface area contributed by atoms with Crippen LogP contribution in [-0.4, -0.2) is 24.5 Å². The van der Waals surface area contributed by atoms with Gasteiger partial charge in [0.1, 0.15) is 6.33 Å². The maximum Gasteiger partial charge on any atom is 0.231 e. The molecule has 0 aliphatic rings. The number of hydrogen-bond donors (Lipinski definition) is 2. The van der Waals surface area contributed by atoms with Crippen molar-refractivity contribution >= 4 is 40.0 Å². The summed E-state index contributed by atoms with van der Waals surface area (Å²) in [5, 5.41) is 10.7. The van der Waals surface area contributed by atoms with Crippen molar-refractivity contribution < 1.29 is 0 Å². The number of aromatic nitrogens is 5. The molecule has 5 rings (SSSR count). The monoisotopic (exact) mass is 399 g/mol. The maximum absolute atomic E-state index is 4.72. The van der Waals surface area contributed by atoms with Gasteiger partial charge in [0.05, 0.1) is 17.6 Å². The van der Waals surface area contributed by atoms with Crippen molar-refractivity contribution in [1.82, 2.24) is 24.5 Å². The Hall–Kier alpha value is -3.78. The van der Waals surface area contributed by atoms with E-state index in [1.54, 1.807) is 30.1 Å². The zero-order valence-electron chi connectivity index (χ0n) is 15.4. The van der Waals surface area contributed by atoms with Crippen LogP contribution in [0.2, 0.25) is 0 Å². The zero-order valence-corrected chi connectivity index (χ0v) is 16.2. The second kappa shape index (κ2) is 7.69. The molecule has 2 N–H and O–H groups in total. The quantitative estimate of drug-likeness (QED) is 0.433. The van der Waals surface area contributed by atoms with Crippen molar-refractivity contribution in [2.75, 3.05) is 10.6 Å². The average Bonchev–Trinajstić information content (AvgIpc) is 3.43. The van der Waals surface area contributed by atoms with Gasteiger partial charge in [-0.3, -0.25) is 9.55 Å². The Balaban J connectivity index is 1.56. The first-order chi connectivity index (χ1) is 14.4. The molecule has 5 aromatic rings. The molecule has 0 aliphatic carbocycles. The van der Waals surface area contributed by atoms with Gasteiger partial charge in [-0.15, -0.1) is 0 Å². The van der Waals surface area contributed by atoms with Gasteiger partial charge in [-0.1, -0.05) is 30.3 Å². The summed E-state index contributed by atoms with van der Waals surface area (Å²) in [6.07, 6.45) is 5.25. The van der Waals surface area contributed by atoms with Crippen molar-refractivity contribution in [1.29, 1.82) is 0 Å². The lowest BCUT2D eigenvalue weighted by Crippen LogP contribution is -2.06. The van der Waals surface area contributed by atoms with Crippen LogP contribution in [-0.2, 0) is 6.54 Å². The number of thiophene rings is 1. The van der Waals surface area contributed by atoms with Gasteiger partial charge in [0, 0.05) is 18.1 Å². The molecular weight excluding hydrogens is 382 g/mol. The Bertz CT molecular complexity index is 1220. The van der Waals surface area contributed by atoms with E-state index >= 15 is 0 Å². The normalized spacial score (nSPS) is 10.9. The molecule has 29 heavy (non-hydrogen) atoms. The van der Waals surface area contributed by atoms with Gasteiger partial charge in [-0.2, -0.15) is 21.3 Å². The van der Waals surface area contributed by atoms with Crippen LogP contribution >= 0.6 is 11.3 Å². The summed E-state index contributed by atoms with van der Waals surface area (Å²) >= 11 is 1.63. The fourth-order valence-corrected chi connectivity index (χ4v) is 3.64. The molecule has 1 aromatic carbocycles. The van der Waals surface area contributed by atoms with Crippen molar-refractivity contribution in [3.05, 3.63) is 83.6 Å². The van der Waals surface area contributed by atoms with E-state index in [2.05, 4.69) is 43.1 Å². The number of hydrogen-bond acceptors (Lipinski definition) is 7. The van der Waals surface area contributed by atoms with Crippen LogP contribution in [0.3, 0.4) is 0 Å². The first-order valence-electron chi connectivity index (χ1n) is 9.09. The molecule has 0 fully saturated rings. The molecule has 0 saturated heterocycles.